The van der Waals surface area contributed by atoms with E-state index in [1.807, 2.05) is 38.1 Å². The maximum Gasteiger partial charge on any atom is 0.239 e. The second-order valence-corrected chi connectivity index (χ2v) is 6.77. The van der Waals surface area contributed by atoms with Gasteiger partial charge in [-0.05, 0) is 49.2 Å². The summed E-state index contributed by atoms with van der Waals surface area (Å²) in [6.45, 7) is 4.79. The Morgan fingerprint density at radius 3 is 2.68 bits per heavy atom. The zero-order valence-electron chi connectivity index (χ0n) is 16.2. The Hall–Kier alpha value is -2.73. The first-order valence-electron chi connectivity index (χ1n) is 9.27. The minimum absolute atomic E-state index is 0.0536. The van der Waals surface area contributed by atoms with Crippen LogP contribution in [0.3, 0.4) is 0 Å². The molecule has 0 radical (unpaired) electrons. The van der Waals surface area contributed by atoms with Gasteiger partial charge < -0.3 is 20.7 Å². The van der Waals surface area contributed by atoms with Crippen LogP contribution in [-0.4, -0.2) is 31.5 Å². The van der Waals surface area contributed by atoms with Crippen molar-refractivity contribution in [2.75, 3.05) is 30.3 Å². The SMILES string of the molecule is CCCC(=O)Nc1ccc(Cl)c(NCC(=O)NCCOc2cccc(C)c2)c1. The molecular weight excluding hydrogens is 378 g/mol. The second-order valence-electron chi connectivity index (χ2n) is 6.36. The lowest BCUT2D eigenvalue weighted by Crippen LogP contribution is -2.33. The van der Waals surface area contributed by atoms with Crippen molar-refractivity contribution >= 4 is 34.8 Å². The summed E-state index contributed by atoms with van der Waals surface area (Å²) in [4.78, 5) is 23.7. The summed E-state index contributed by atoms with van der Waals surface area (Å²) in [7, 11) is 0. The Morgan fingerprint density at radius 1 is 1.11 bits per heavy atom. The van der Waals surface area contributed by atoms with Crippen LogP contribution in [0, 0.1) is 6.92 Å². The van der Waals surface area contributed by atoms with Crippen molar-refractivity contribution in [3.63, 3.8) is 0 Å². The van der Waals surface area contributed by atoms with E-state index in [-0.39, 0.29) is 18.4 Å². The molecule has 0 atom stereocenters. The van der Waals surface area contributed by atoms with E-state index in [0.717, 1.165) is 17.7 Å². The van der Waals surface area contributed by atoms with E-state index in [9.17, 15) is 9.59 Å². The molecule has 0 unspecified atom stereocenters. The summed E-state index contributed by atoms with van der Waals surface area (Å²) < 4.78 is 5.60. The summed E-state index contributed by atoms with van der Waals surface area (Å²) in [5.41, 5.74) is 2.34. The smallest absolute Gasteiger partial charge is 0.239 e. The van der Waals surface area contributed by atoms with Crippen LogP contribution in [0.15, 0.2) is 42.5 Å². The maximum absolute atomic E-state index is 12.0. The Labute approximate surface area is 170 Å². The van der Waals surface area contributed by atoms with Gasteiger partial charge in [0.15, 0.2) is 0 Å². The van der Waals surface area contributed by atoms with Gasteiger partial charge in [-0.2, -0.15) is 0 Å². The van der Waals surface area contributed by atoms with Gasteiger partial charge in [-0.1, -0.05) is 30.7 Å². The predicted octanol–water partition coefficient (Wildman–Crippen LogP) is 3.99. The first-order chi connectivity index (χ1) is 13.5. The molecule has 0 aliphatic rings. The molecule has 0 bridgehead atoms. The van der Waals surface area contributed by atoms with Crippen molar-refractivity contribution in [2.24, 2.45) is 0 Å². The number of ether oxygens (including phenoxy) is 1. The van der Waals surface area contributed by atoms with Gasteiger partial charge in [-0.15, -0.1) is 0 Å². The van der Waals surface area contributed by atoms with Gasteiger partial charge in [0.05, 0.1) is 23.8 Å². The van der Waals surface area contributed by atoms with Crippen LogP contribution in [0.5, 0.6) is 5.75 Å². The molecule has 3 N–H and O–H groups in total. The lowest BCUT2D eigenvalue weighted by atomic mass is 10.2. The first-order valence-corrected chi connectivity index (χ1v) is 9.65. The molecule has 0 heterocycles. The molecule has 0 spiro atoms. The standard InChI is InChI=1S/C21H26ClN3O3/c1-3-5-20(26)25-16-8-9-18(22)19(13-16)24-14-21(27)23-10-11-28-17-7-4-6-15(2)12-17/h4,6-9,12-13,24H,3,5,10-11,14H2,1-2H3,(H,23,27)(H,25,26). The highest BCUT2D eigenvalue weighted by Gasteiger charge is 2.07. The molecule has 0 saturated heterocycles. The number of nitrogens with one attached hydrogen (secondary N) is 3. The van der Waals surface area contributed by atoms with E-state index in [4.69, 9.17) is 16.3 Å². The normalized spacial score (nSPS) is 10.2. The Bertz CT molecular complexity index is 811. The highest BCUT2D eigenvalue weighted by atomic mass is 35.5. The maximum atomic E-state index is 12.0. The van der Waals surface area contributed by atoms with Crippen molar-refractivity contribution in [3.8, 4) is 5.75 Å². The van der Waals surface area contributed by atoms with E-state index < -0.39 is 0 Å². The lowest BCUT2D eigenvalue weighted by Gasteiger charge is -2.12. The average Bonchev–Trinajstić information content (AvgIpc) is 2.66. The topological polar surface area (TPSA) is 79.5 Å². The van der Waals surface area contributed by atoms with Crippen molar-refractivity contribution < 1.29 is 14.3 Å². The van der Waals surface area contributed by atoms with E-state index >= 15 is 0 Å². The Balaban J connectivity index is 1.74. The highest BCUT2D eigenvalue weighted by molar-refractivity contribution is 6.33. The minimum atomic E-state index is -0.177. The van der Waals surface area contributed by atoms with Crippen molar-refractivity contribution in [2.45, 2.75) is 26.7 Å². The lowest BCUT2D eigenvalue weighted by molar-refractivity contribution is -0.119. The van der Waals surface area contributed by atoms with Gasteiger partial charge >= 0.3 is 0 Å². The predicted molar refractivity (Wildman–Crippen MR) is 113 cm³/mol. The molecule has 28 heavy (non-hydrogen) atoms. The molecule has 2 rings (SSSR count). The fraction of sp³-hybridized carbons (Fsp3) is 0.333. The molecule has 2 aromatic rings. The number of halogens is 1. The fourth-order valence-corrected chi connectivity index (χ4v) is 2.68. The summed E-state index contributed by atoms with van der Waals surface area (Å²) in [6.07, 6.45) is 1.23. The molecule has 0 aliphatic carbocycles. The van der Waals surface area contributed by atoms with E-state index in [1.54, 1.807) is 18.2 Å². The zero-order valence-corrected chi connectivity index (χ0v) is 16.9. The van der Waals surface area contributed by atoms with E-state index in [0.29, 0.717) is 36.0 Å². The number of benzene rings is 2. The van der Waals surface area contributed by atoms with Gasteiger partial charge in [0.1, 0.15) is 12.4 Å². The molecular formula is C21H26ClN3O3. The average molecular weight is 404 g/mol. The molecule has 7 heteroatoms. The van der Waals surface area contributed by atoms with Gasteiger partial charge in [-0.3, -0.25) is 9.59 Å². The van der Waals surface area contributed by atoms with Crippen molar-refractivity contribution in [1.29, 1.82) is 0 Å². The first kappa shape index (κ1) is 21.6. The number of anilines is 2. The zero-order chi connectivity index (χ0) is 20.4. The number of rotatable bonds is 10. The summed E-state index contributed by atoms with van der Waals surface area (Å²) in [6, 6.07) is 12.9. The number of hydrogen-bond acceptors (Lipinski definition) is 4. The summed E-state index contributed by atoms with van der Waals surface area (Å²) in [5.74, 6) is 0.549. The fourth-order valence-electron chi connectivity index (χ4n) is 2.49. The van der Waals surface area contributed by atoms with Gasteiger partial charge in [0, 0.05) is 12.1 Å². The van der Waals surface area contributed by atoms with Crippen LogP contribution in [-0.2, 0) is 9.59 Å². The number of aryl methyl sites for hydroxylation is 1. The third-order valence-corrected chi connectivity index (χ3v) is 4.18. The highest BCUT2D eigenvalue weighted by Crippen LogP contribution is 2.25. The number of carbonyl (C=O) groups is 2. The van der Waals surface area contributed by atoms with Gasteiger partial charge in [0.2, 0.25) is 11.8 Å². The molecule has 0 saturated carbocycles. The van der Waals surface area contributed by atoms with Crippen molar-refractivity contribution in [3.05, 3.63) is 53.1 Å². The minimum Gasteiger partial charge on any atom is -0.492 e. The molecule has 6 nitrogen and oxygen atoms in total. The largest absolute Gasteiger partial charge is 0.492 e. The molecule has 0 aliphatic heterocycles. The summed E-state index contributed by atoms with van der Waals surface area (Å²) >= 11 is 6.16. The quantitative estimate of drug-likeness (QED) is 0.524. The molecule has 2 aromatic carbocycles. The van der Waals surface area contributed by atoms with Gasteiger partial charge in [-0.25, -0.2) is 0 Å². The summed E-state index contributed by atoms with van der Waals surface area (Å²) in [5, 5.41) is 9.05. The molecule has 0 aromatic heterocycles. The molecule has 2 amide bonds. The van der Waals surface area contributed by atoms with Gasteiger partial charge in [0.25, 0.3) is 0 Å². The van der Waals surface area contributed by atoms with Crippen LogP contribution in [0.1, 0.15) is 25.3 Å². The Morgan fingerprint density at radius 2 is 1.93 bits per heavy atom. The van der Waals surface area contributed by atoms with Crippen LogP contribution in [0.25, 0.3) is 0 Å². The molecule has 150 valence electrons. The van der Waals surface area contributed by atoms with Crippen LogP contribution in [0.2, 0.25) is 5.02 Å². The number of carbonyl (C=O) groups excluding carboxylic acids is 2. The van der Waals surface area contributed by atoms with Crippen molar-refractivity contribution in [1.82, 2.24) is 5.32 Å². The monoisotopic (exact) mass is 403 g/mol. The Kier molecular flexibility index (Phi) is 8.62. The number of amides is 2. The van der Waals surface area contributed by atoms with E-state index in [1.165, 1.54) is 0 Å². The van der Waals surface area contributed by atoms with Crippen LogP contribution in [0.4, 0.5) is 11.4 Å². The van der Waals surface area contributed by atoms with Crippen LogP contribution < -0.4 is 20.7 Å². The second kappa shape index (κ2) is 11.2. The van der Waals surface area contributed by atoms with Crippen LogP contribution >= 0.6 is 11.6 Å². The van der Waals surface area contributed by atoms with E-state index in [2.05, 4.69) is 16.0 Å². The molecule has 0 fully saturated rings. The third-order valence-electron chi connectivity index (χ3n) is 3.85. The number of hydrogen-bond donors (Lipinski definition) is 3. The third kappa shape index (κ3) is 7.48.